The Morgan fingerprint density at radius 1 is 1.60 bits per heavy atom. The second-order valence-corrected chi connectivity index (χ2v) is 3.68. The molecule has 0 N–H and O–H groups in total. The molecule has 0 radical (unpaired) electrons. The van der Waals surface area contributed by atoms with E-state index in [1.807, 2.05) is 6.92 Å². The number of rotatable bonds is 4. The highest BCUT2D eigenvalue weighted by Crippen LogP contribution is 2.56. The molecule has 1 saturated heterocycles. The van der Waals surface area contributed by atoms with Crippen molar-refractivity contribution in [2.24, 2.45) is 0 Å². The molecular weight excluding hydrogens is 155 g/mol. The second kappa shape index (κ2) is 3.49. The van der Waals surface area contributed by atoms with Gasteiger partial charge in [0.05, 0.1) is 6.61 Å². The zero-order valence-corrected chi connectivity index (χ0v) is 6.80. The molecule has 60 valence electrons. The van der Waals surface area contributed by atoms with Crippen molar-refractivity contribution in [1.82, 2.24) is 0 Å². The van der Waals surface area contributed by atoms with Crippen LogP contribution < -0.4 is 0 Å². The van der Waals surface area contributed by atoms with Gasteiger partial charge in [-0.2, -0.15) is 0 Å². The Morgan fingerprint density at radius 3 is 2.70 bits per heavy atom. The summed E-state index contributed by atoms with van der Waals surface area (Å²) >= 11 is 0. The van der Waals surface area contributed by atoms with E-state index in [2.05, 4.69) is 9.05 Å². The maximum Gasteiger partial charge on any atom is 0.479 e. The first kappa shape index (κ1) is 8.21. The molecule has 0 aromatic heterocycles. The number of phosphoric acid groups is 1. The van der Waals surface area contributed by atoms with Crippen LogP contribution in [0.3, 0.4) is 0 Å². The standard InChI is InChI=1S/C5H11O4P/c1-2-3-4-7-10(6)8-5-9-10/h2-5H2,1H3. The van der Waals surface area contributed by atoms with Gasteiger partial charge >= 0.3 is 7.82 Å². The van der Waals surface area contributed by atoms with Crippen molar-refractivity contribution in [2.45, 2.75) is 19.8 Å². The number of hydrogen-bond donors (Lipinski definition) is 0. The second-order valence-electron chi connectivity index (χ2n) is 2.01. The normalized spacial score (nSPS) is 22.1. The molecule has 0 spiro atoms. The molecule has 1 aliphatic heterocycles. The summed E-state index contributed by atoms with van der Waals surface area (Å²) in [5.74, 6) is 0. The van der Waals surface area contributed by atoms with Crippen LogP contribution in [0.5, 0.6) is 0 Å². The van der Waals surface area contributed by atoms with Crippen LogP contribution in [0.4, 0.5) is 0 Å². The van der Waals surface area contributed by atoms with Crippen molar-refractivity contribution in [3.63, 3.8) is 0 Å². The minimum Gasteiger partial charge on any atom is -0.287 e. The average molecular weight is 166 g/mol. The molecule has 1 rings (SSSR count). The lowest BCUT2D eigenvalue weighted by Gasteiger charge is -2.24. The third-order valence-electron chi connectivity index (χ3n) is 1.17. The van der Waals surface area contributed by atoms with E-state index < -0.39 is 7.82 Å². The first-order chi connectivity index (χ1) is 4.77. The Morgan fingerprint density at radius 2 is 2.30 bits per heavy atom. The van der Waals surface area contributed by atoms with Crippen LogP contribution in [0.1, 0.15) is 19.8 Å². The molecule has 0 bridgehead atoms. The summed E-state index contributed by atoms with van der Waals surface area (Å²) in [6.07, 6.45) is 1.90. The highest BCUT2D eigenvalue weighted by atomic mass is 31.2. The van der Waals surface area contributed by atoms with Crippen molar-refractivity contribution < 1.29 is 18.1 Å². The molecule has 1 fully saturated rings. The Balaban J connectivity index is 2.07. The number of hydrogen-bond acceptors (Lipinski definition) is 4. The molecule has 0 unspecified atom stereocenters. The van der Waals surface area contributed by atoms with Crippen LogP contribution in [0.25, 0.3) is 0 Å². The van der Waals surface area contributed by atoms with Crippen molar-refractivity contribution in [3.8, 4) is 0 Å². The van der Waals surface area contributed by atoms with E-state index in [0.29, 0.717) is 6.61 Å². The zero-order valence-electron chi connectivity index (χ0n) is 5.91. The van der Waals surface area contributed by atoms with Crippen molar-refractivity contribution in [2.75, 3.05) is 13.4 Å². The van der Waals surface area contributed by atoms with E-state index in [0.717, 1.165) is 12.8 Å². The minimum absolute atomic E-state index is 0.101. The lowest BCUT2D eigenvalue weighted by molar-refractivity contribution is -0.0416. The molecule has 0 aromatic rings. The monoisotopic (exact) mass is 166 g/mol. The van der Waals surface area contributed by atoms with Crippen LogP contribution in [0, 0.1) is 0 Å². The summed E-state index contributed by atoms with van der Waals surface area (Å²) < 4.78 is 24.8. The van der Waals surface area contributed by atoms with Gasteiger partial charge in [-0.05, 0) is 6.42 Å². The summed E-state index contributed by atoms with van der Waals surface area (Å²) in [6.45, 7) is 2.58. The summed E-state index contributed by atoms with van der Waals surface area (Å²) in [7, 11) is -3.02. The molecular formula is C5H11O4P. The van der Waals surface area contributed by atoms with Gasteiger partial charge in [-0.3, -0.25) is 13.6 Å². The molecule has 5 heteroatoms. The van der Waals surface area contributed by atoms with Crippen molar-refractivity contribution in [3.05, 3.63) is 0 Å². The van der Waals surface area contributed by atoms with Gasteiger partial charge in [-0.15, -0.1) is 0 Å². The maximum absolute atomic E-state index is 10.9. The van der Waals surface area contributed by atoms with E-state index in [4.69, 9.17) is 4.52 Å². The van der Waals surface area contributed by atoms with Crippen LogP contribution in [-0.2, 0) is 18.1 Å². The third kappa shape index (κ3) is 2.06. The molecule has 1 heterocycles. The predicted octanol–water partition coefficient (Wildman–Crippen LogP) is 1.92. The molecule has 1 aliphatic rings. The fraction of sp³-hybridized carbons (Fsp3) is 1.00. The molecule has 0 amide bonds. The van der Waals surface area contributed by atoms with Gasteiger partial charge in [0.25, 0.3) is 0 Å². The van der Waals surface area contributed by atoms with E-state index in [9.17, 15) is 4.57 Å². The van der Waals surface area contributed by atoms with Crippen LogP contribution >= 0.6 is 7.82 Å². The summed E-state index contributed by atoms with van der Waals surface area (Å²) in [5.41, 5.74) is 0. The molecule has 0 aromatic carbocycles. The van der Waals surface area contributed by atoms with Gasteiger partial charge in [0.15, 0.2) is 6.79 Å². The minimum atomic E-state index is -3.02. The third-order valence-corrected chi connectivity index (χ3v) is 2.51. The van der Waals surface area contributed by atoms with Crippen molar-refractivity contribution >= 4 is 7.82 Å². The van der Waals surface area contributed by atoms with Gasteiger partial charge in [0, 0.05) is 0 Å². The maximum atomic E-state index is 10.9. The molecule has 4 nitrogen and oxygen atoms in total. The highest BCUT2D eigenvalue weighted by Gasteiger charge is 2.35. The zero-order chi connectivity index (χ0) is 7.45. The number of phosphoric ester groups is 1. The van der Waals surface area contributed by atoms with Crippen LogP contribution in [0.15, 0.2) is 0 Å². The van der Waals surface area contributed by atoms with E-state index in [1.54, 1.807) is 0 Å². The van der Waals surface area contributed by atoms with E-state index in [-0.39, 0.29) is 6.79 Å². The fourth-order valence-electron chi connectivity index (χ4n) is 0.534. The molecule has 0 aliphatic carbocycles. The van der Waals surface area contributed by atoms with Crippen LogP contribution in [0.2, 0.25) is 0 Å². The fourth-order valence-corrected chi connectivity index (χ4v) is 1.31. The van der Waals surface area contributed by atoms with Gasteiger partial charge in [0.1, 0.15) is 0 Å². The smallest absolute Gasteiger partial charge is 0.287 e. The first-order valence-electron chi connectivity index (χ1n) is 3.30. The number of unbranched alkanes of at least 4 members (excludes halogenated alkanes) is 1. The Labute approximate surface area is 60.1 Å². The Bertz CT molecular complexity index is 139. The lowest BCUT2D eigenvalue weighted by atomic mass is 10.4. The van der Waals surface area contributed by atoms with Crippen LogP contribution in [-0.4, -0.2) is 13.4 Å². The average Bonchev–Trinajstić information content (AvgIpc) is 1.85. The van der Waals surface area contributed by atoms with Gasteiger partial charge in [-0.1, -0.05) is 13.3 Å². The quantitative estimate of drug-likeness (QED) is 0.472. The summed E-state index contributed by atoms with van der Waals surface area (Å²) in [4.78, 5) is 0. The Hall–Kier alpha value is 0.110. The Kier molecular flexibility index (Phi) is 2.86. The molecule has 0 atom stereocenters. The largest absolute Gasteiger partial charge is 0.479 e. The summed E-state index contributed by atoms with van der Waals surface area (Å²) in [5, 5.41) is 0. The van der Waals surface area contributed by atoms with Gasteiger partial charge < -0.3 is 0 Å². The van der Waals surface area contributed by atoms with E-state index >= 15 is 0 Å². The lowest BCUT2D eigenvalue weighted by Crippen LogP contribution is -2.12. The SMILES string of the molecule is CCCCOP1(=O)OCO1. The van der Waals surface area contributed by atoms with Gasteiger partial charge in [0.2, 0.25) is 0 Å². The van der Waals surface area contributed by atoms with Crippen molar-refractivity contribution in [1.29, 1.82) is 0 Å². The predicted molar refractivity (Wildman–Crippen MR) is 35.5 cm³/mol. The van der Waals surface area contributed by atoms with Gasteiger partial charge in [-0.25, -0.2) is 4.57 Å². The topological polar surface area (TPSA) is 44.8 Å². The highest BCUT2D eigenvalue weighted by molar-refractivity contribution is 7.49. The summed E-state index contributed by atoms with van der Waals surface area (Å²) in [6, 6.07) is 0. The first-order valence-corrected chi connectivity index (χ1v) is 4.76. The molecule has 0 saturated carbocycles. The van der Waals surface area contributed by atoms with E-state index in [1.165, 1.54) is 0 Å². The molecule has 10 heavy (non-hydrogen) atoms.